The number of nitrogens with zero attached hydrogens (tertiary/aromatic N) is 4. The van der Waals surface area contributed by atoms with Crippen molar-refractivity contribution in [3.63, 3.8) is 0 Å². The summed E-state index contributed by atoms with van der Waals surface area (Å²) in [5, 5.41) is 13.5. The van der Waals surface area contributed by atoms with Crippen LogP contribution in [-0.4, -0.2) is 39.3 Å². The number of pyridine rings is 1. The maximum absolute atomic E-state index is 12.3. The second kappa shape index (κ2) is 6.72. The van der Waals surface area contributed by atoms with Gasteiger partial charge in [0.25, 0.3) is 5.91 Å². The van der Waals surface area contributed by atoms with Crippen molar-refractivity contribution in [3.05, 3.63) is 49.0 Å². The highest BCUT2D eigenvalue weighted by molar-refractivity contribution is 9.10. The highest BCUT2D eigenvalue weighted by Gasteiger charge is 2.20. The number of rotatable bonds is 5. The minimum absolute atomic E-state index is 0.221. The molecule has 2 aromatic rings. The van der Waals surface area contributed by atoms with Crippen molar-refractivity contribution in [1.82, 2.24) is 14.9 Å². The number of likely N-dealkylation sites (N-methyl/N-ethyl adjacent to an activating group) is 1. The SMILES string of the molecule is CN(CCc1nccs1)C(=O)c1cc([N+](=O)[O-])ncc1Br. The van der Waals surface area contributed by atoms with Crippen molar-refractivity contribution in [1.29, 1.82) is 0 Å². The molecule has 1 amide bonds. The normalized spacial score (nSPS) is 10.4. The molecule has 0 fully saturated rings. The first-order valence-corrected chi connectivity index (χ1v) is 7.60. The minimum Gasteiger partial charge on any atom is -0.358 e. The van der Waals surface area contributed by atoms with Gasteiger partial charge in [0.05, 0.1) is 15.0 Å². The summed E-state index contributed by atoms with van der Waals surface area (Å²) >= 11 is 4.72. The van der Waals surface area contributed by atoms with Gasteiger partial charge in [-0.25, -0.2) is 4.98 Å². The lowest BCUT2D eigenvalue weighted by Gasteiger charge is -2.16. The van der Waals surface area contributed by atoms with Crippen LogP contribution in [0.15, 0.2) is 28.3 Å². The molecule has 0 spiro atoms. The summed E-state index contributed by atoms with van der Waals surface area (Å²) in [7, 11) is 1.65. The standard InChI is InChI=1S/C12H11BrN4O3S/c1-16(4-2-11-14-3-5-21-11)12(18)8-6-10(17(19)20)15-7-9(8)13/h3,5-7H,2,4H2,1H3. The second-order valence-corrected chi connectivity index (χ2v) is 6.02. The third-order valence-electron chi connectivity index (χ3n) is 2.75. The first-order valence-electron chi connectivity index (χ1n) is 5.93. The lowest BCUT2D eigenvalue weighted by atomic mass is 10.2. The maximum atomic E-state index is 12.3. The summed E-state index contributed by atoms with van der Waals surface area (Å²) in [4.78, 5) is 31.7. The number of hydrogen-bond acceptors (Lipinski definition) is 6. The summed E-state index contributed by atoms with van der Waals surface area (Å²) in [5.41, 5.74) is 0.221. The molecule has 2 rings (SSSR count). The number of nitro groups is 1. The van der Waals surface area contributed by atoms with Crippen LogP contribution in [0.25, 0.3) is 0 Å². The van der Waals surface area contributed by atoms with E-state index in [9.17, 15) is 14.9 Å². The molecule has 0 aliphatic rings. The Morgan fingerprint density at radius 3 is 2.90 bits per heavy atom. The Kier molecular flexibility index (Phi) is 4.97. The van der Waals surface area contributed by atoms with Gasteiger partial charge in [-0.2, -0.15) is 0 Å². The summed E-state index contributed by atoms with van der Waals surface area (Å²) in [6.07, 6.45) is 3.62. The maximum Gasteiger partial charge on any atom is 0.364 e. The Morgan fingerprint density at radius 1 is 1.52 bits per heavy atom. The van der Waals surface area contributed by atoms with Gasteiger partial charge in [0.1, 0.15) is 0 Å². The highest BCUT2D eigenvalue weighted by Crippen LogP contribution is 2.21. The molecule has 2 heterocycles. The molecule has 0 atom stereocenters. The molecule has 0 aliphatic carbocycles. The van der Waals surface area contributed by atoms with Crippen molar-refractivity contribution < 1.29 is 9.72 Å². The van der Waals surface area contributed by atoms with E-state index >= 15 is 0 Å². The van der Waals surface area contributed by atoms with E-state index in [4.69, 9.17) is 0 Å². The van der Waals surface area contributed by atoms with Gasteiger partial charge in [-0.3, -0.25) is 4.79 Å². The zero-order chi connectivity index (χ0) is 15.4. The third kappa shape index (κ3) is 3.82. The first-order chi connectivity index (χ1) is 9.99. The smallest absolute Gasteiger partial charge is 0.358 e. The van der Waals surface area contributed by atoms with Crippen molar-refractivity contribution in [3.8, 4) is 0 Å². The van der Waals surface area contributed by atoms with E-state index in [1.54, 1.807) is 13.2 Å². The van der Waals surface area contributed by atoms with Gasteiger partial charge in [0.2, 0.25) is 0 Å². The van der Waals surface area contributed by atoms with Gasteiger partial charge in [0.15, 0.2) is 6.20 Å². The summed E-state index contributed by atoms with van der Waals surface area (Å²) in [5.74, 6) is -0.654. The van der Waals surface area contributed by atoms with Gasteiger partial charge < -0.3 is 15.0 Å². The van der Waals surface area contributed by atoms with Gasteiger partial charge in [-0.1, -0.05) is 0 Å². The van der Waals surface area contributed by atoms with E-state index in [2.05, 4.69) is 25.9 Å². The number of thiazole rings is 1. The van der Waals surface area contributed by atoms with Gasteiger partial charge in [0, 0.05) is 37.7 Å². The van der Waals surface area contributed by atoms with Crippen LogP contribution in [0.2, 0.25) is 0 Å². The number of carbonyl (C=O) groups is 1. The highest BCUT2D eigenvalue weighted by atomic mass is 79.9. The lowest BCUT2D eigenvalue weighted by Crippen LogP contribution is -2.29. The van der Waals surface area contributed by atoms with Crippen LogP contribution in [0.3, 0.4) is 0 Å². The van der Waals surface area contributed by atoms with Gasteiger partial charge in [-0.15, -0.1) is 11.3 Å². The predicted molar refractivity (Wildman–Crippen MR) is 81.4 cm³/mol. The van der Waals surface area contributed by atoms with Crippen LogP contribution in [-0.2, 0) is 6.42 Å². The molecule has 2 aromatic heterocycles. The van der Waals surface area contributed by atoms with Crippen LogP contribution < -0.4 is 0 Å². The molecular weight excluding hydrogens is 360 g/mol. The Bertz CT molecular complexity index is 663. The molecule has 0 bridgehead atoms. The Labute approximate surface area is 132 Å². The molecule has 0 saturated heterocycles. The Morgan fingerprint density at radius 2 is 2.29 bits per heavy atom. The van der Waals surface area contributed by atoms with Crippen LogP contribution >= 0.6 is 27.3 Å². The quantitative estimate of drug-likeness (QED) is 0.595. The molecule has 0 aliphatic heterocycles. The molecule has 110 valence electrons. The number of halogens is 1. The van der Waals surface area contributed by atoms with E-state index < -0.39 is 4.92 Å². The molecule has 0 aromatic carbocycles. The average molecular weight is 371 g/mol. The lowest BCUT2D eigenvalue weighted by molar-refractivity contribution is -0.389. The number of aromatic nitrogens is 2. The first kappa shape index (κ1) is 15.5. The molecule has 0 saturated carbocycles. The van der Waals surface area contributed by atoms with Crippen LogP contribution in [0.4, 0.5) is 5.82 Å². The fraction of sp³-hybridized carbons (Fsp3) is 0.250. The molecule has 9 heteroatoms. The zero-order valence-electron chi connectivity index (χ0n) is 11.0. The van der Waals surface area contributed by atoms with E-state index in [0.29, 0.717) is 17.4 Å². The fourth-order valence-electron chi connectivity index (χ4n) is 1.64. The van der Waals surface area contributed by atoms with E-state index in [0.717, 1.165) is 5.01 Å². The summed E-state index contributed by atoms with van der Waals surface area (Å²) in [6.45, 7) is 0.481. The van der Waals surface area contributed by atoms with Crippen molar-refractivity contribution >= 4 is 39.0 Å². The Balaban J connectivity index is 2.11. The monoisotopic (exact) mass is 370 g/mol. The van der Waals surface area contributed by atoms with E-state index in [1.807, 2.05) is 5.38 Å². The zero-order valence-corrected chi connectivity index (χ0v) is 13.4. The van der Waals surface area contributed by atoms with Crippen molar-refractivity contribution in [2.24, 2.45) is 0 Å². The third-order valence-corrected chi connectivity index (χ3v) is 4.22. The summed E-state index contributed by atoms with van der Waals surface area (Å²) in [6, 6.07) is 1.17. The largest absolute Gasteiger partial charge is 0.364 e. The van der Waals surface area contributed by atoms with E-state index in [1.165, 1.54) is 28.5 Å². The fourth-order valence-corrected chi connectivity index (χ4v) is 2.63. The molecule has 21 heavy (non-hydrogen) atoms. The van der Waals surface area contributed by atoms with Crippen LogP contribution in [0.5, 0.6) is 0 Å². The predicted octanol–water partition coefficient (Wildman–Crippen LogP) is 2.52. The number of hydrogen-bond donors (Lipinski definition) is 0. The van der Waals surface area contributed by atoms with Crippen molar-refractivity contribution in [2.75, 3.05) is 13.6 Å². The molecule has 0 unspecified atom stereocenters. The van der Waals surface area contributed by atoms with E-state index in [-0.39, 0.29) is 17.3 Å². The van der Waals surface area contributed by atoms with Gasteiger partial charge in [-0.05, 0) is 25.8 Å². The average Bonchev–Trinajstić information content (AvgIpc) is 2.97. The van der Waals surface area contributed by atoms with Crippen LogP contribution in [0.1, 0.15) is 15.4 Å². The molecule has 7 nitrogen and oxygen atoms in total. The number of amides is 1. The second-order valence-electron chi connectivity index (χ2n) is 4.18. The molecule has 0 radical (unpaired) electrons. The Hall–Kier alpha value is -1.87. The van der Waals surface area contributed by atoms with Gasteiger partial charge >= 0.3 is 5.82 Å². The van der Waals surface area contributed by atoms with Crippen molar-refractivity contribution in [2.45, 2.75) is 6.42 Å². The number of carbonyl (C=O) groups excluding carboxylic acids is 1. The molecular formula is C12H11BrN4O3S. The summed E-state index contributed by atoms with van der Waals surface area (Å²) < 4.78 is 0.430. The topological polar surface area (TPSA) is 89.2 Å². The minimum atomic E-state index is -0.626. The van der Waals surface area contributed by atoms with Crippen LogP contribution in [0, 0.1) is 10.1 Å². The molecule has 0 N–H and O–H groups in total.